The van der Waals surface area contributed by atoms with E-state index < -0.39 is 0 Å². The molecule has 0 radical (unpaired) electrons. The van der Waals surface area contributed by atoms with Crippen LogP contribution < -0.4 is 0 Å². The van der Waals surface area contributed by atoms with Gasteiger partial charge in [0.05, 0.1) is 0 Å². The van der Waals surface area contributed by atoms with Gasteiger partial charge in [0.1, 0.15) is 0 Å². The minimum absolute atomic E-state index is 0.105. The van der Waals surface area contributed by atoms with E-state index in [0.29, 0.717) is 18.6 Å². The molecule has 2 heteroatoms. The standard InChI is InChI=1S/C12H22O2/c1-5-13-11(14-6-2)10-7-8-12(3,4)9-10/h7,11H,5-6,8-9H2,1-4H3. The van der Waals surface area contributed by atoms with E-state index in [4.69, 9.17) is 9.47 Å². The van der Waals surface area contributed by atoms with E-state index in [-0.39, 0.29) is 6.29 Å². The van der Waals surface area contributed by atoms with Gasteiger partial charge in [0.25, 0.3) is 0 Å². The summed E-state index contributed by atoms with van der Waals surface area (Å²) in [5.74, 6) is 0. The van der Waals surface area contributed by atoms with Crippen molar-refractivity contribution in [2.75, 3.05) is 13.2 Å². The first-order valence-electron chi connectivity index (χ1n) is 5.51. The highest BCUT2D eigenvalue weighted by atomic mass is 16.7. The first-order valence-corrected chi connectivity index (χ1v) is 5.51. The van der Waals surface area contributed by atoms with Crippen molar-refractivity contribution in [2.24, 2.45) is 5.41 Å². The van der Waals surface area contributed by atoms with Gasteiger partial charge in [0, 0.05) is 13.2 Å². The molecular weight excluding hydrogens is 176 g/mol. The molecule has 0 heterocycles. The number of ether oxygens (including phenoxy) is 2. The molecule has 0 aromatic rings. The third kappa shape index (κ3) is 3.10. The van der Waals surface area contributed by atoms with Crippen LogP contribution in [0.5, 0.6) is 0 Å². The Labute approximate surface area is 87.3 Å². The molecule has 0 aliphatic heterocycles. The second kappa shape index (κ2) is 4.94. The van der Waals surface area contributed by atoms with Crippen molar-refractivity contribution in [3.05, 3.63) is 11.6 Å². The Morgan fingerprint density at radius 1 is 1.29 bits per heavy atom. The van der Waals surface area contributed by atoms with Gasteiger partial charge in [-0.15, -0.1) is 0 Å². The first kappa shape index (κ1) is 11.7. The van der Waals surface area contributed by atoms with Crippen molar-refractivity contribution >= 4 is 0 Å². The summed E-state index contributed by atoms with van der Waals surface area (Å²) in [5, 5.41) is 0. The van der Waals surface area contributed by atoms with Crippen LogP contribution in [0.2, 0.25) is 0 Å². The largest absolute Gasteiger partial charge is 0.349 e. The van der Waals surface area contributed by atoms with Crippen LogP contribution in [-0.2, 0) is 9.47 Å². The zero-order valence-electron chi connectivity index (χ0n) is 9.80. The predicted octanol–water partition coefficient (Wildman–Crippen LogP) is 3.13. The maximum absolute atomic E-state index is 5.57. The second-order valence-electron chi connectivity index (χ2n) is 4.57. The van der Waals surface area contributed by atoms with Crippen LogP contribution in [0.25, 0.3) is 0 Å². The Morgan fingerprint density at radius 3 is 2.21 bits per heavy atom. The second-order valence-corrected chi connectivity index (χ2v) is 4.57. The fourth-order valence-electron chi connectivity index (χ4n) is 1.85. The van der Waals surface area contributed by atoms with Gasteiger partial charge < -0.3 is 9.47 Å². The molecule has 0 atom stereocenters. The fourth-order valence-corrected chi connectivity index (χ4v) is 1.85. The van der Waals surface area contributed by atoms with Crippen LogP contribution in [-0.4, -0.2) is 19.5 Å². The Bertz CT molecular complexity index is 200. The van der Waals surface area contributed by atoms with Crippen molar-refractivity contribution in [1.29, 1.82) is 0 Å². The van der Waals surface area contributed by atoms with Crippen LogP contribution in [0.3, 0.4) is 0 Å². The molecule has 1 aliphatic rings. The molecule has 0 spiro atoms. The van der Waals surface area contributed by atoms with Crippen LogP contribution in [0.15, 0.2) is 11.6 Å². The maximum Gasteiger partial charge on any atom is 0.179 e. The van der Waals surface area contributed by atoms with Gasteiger partial charge in [-0.3, -0.25) is 0 Å². The average molecular weight is 198 g/mol. The van der Waals surface area contributed by atoms with Gasteiger partial charge in [-0.05, 0) is 37.7 Å². The van der Waals surface area contributed by atoms with Gasteiger partial charge in [0.15, 0.2) is 6.29 Å². The highest BCUT2D eigenvalue weighted by Gasteiger charge is 2.29. The van der Waals surface area contributed by atoms with Crippen molar-refractivity contribution in [2.45, 2.75) is 46.8 Å². The highest BCUT2D eigenvalue weighted by Crippen LogP contribution is 2.38. The lowest BCUT2D eigenvalue weighted by Gasteiger charge is -2.22. The molecule has 14 heavy (non-hydrogen) atoms. The molecule has 0 aromatic carbocycles. The van der Waals surface area contributed by atoms with E-state index in [1.54, 1.807) is 0 Å². The summed E-state index contributed by atoms with van der Waals surface area (Å²) in [6.45, 7) is 10.0. The fraction of sp³-hybridized carbons (Fsp3) is 0.833. The predicted molar refractivity (Wildman–Crippen MR) is 58.1 cm³/mol. The lowest BCUT2D eigenvalue weighted by atomic mass is 9.89. The molecule has 0 unspecified atom stereocenters. The zero-order valence-corrected chi connectivity index (χ0v) is 9.80. The van der Waals surface area contributed by atoms with Gasteiger partial charge in [-0.25, -0.2) is 0 Å². The zero-order chi connectivity index (χ0) is 10.6. The number of hydrogen-bond donors (Lipinski definition) is 0. The molecule has 1 rings (SSSR count). The molecule has 0 aromatic heterocycles. The molecule has 0 fully saturated rings. The van der Waals surface area contributed by atoms with E-state index in [9.17, 15) is 0 Å². The van der Waals surface area contributed by atoms with Gasteiger partial charge in [-0.2, -0.15) is 0 Å². The average Bonchev–Trinajstić information content (AvgIpc) is 2.46. The van der Waals surface area contributed by atoms with Gasteiger partial charge >= 0.3 is 0 Å². The summed E-state index contributed by atoms with van der Waals surface area (Å²) in [6.07, 6.45) is 4.40. The van der Waals surface area contributed by atoms with Crippen molar-refractivity contribution < 1.29 is 9.47 Å². The Balaban J connectivity index is 2.52. The van der Waals surface area contributed by atoms with Crippen molar-refractivity contribution in [3.63, 3.8) is 0 Å². The number of allylic oxidation sites excluding steroid dienone is 1. The minimum atomic E-state index is -0.105. The minimum Gasteiger partial charge on any atom is -0.349 e. The summed E-state index contributed by atoms with van der Waals surface area (Å²) < 4.78 is 11.1. The molecule has 0 N–H and O–H groups in total. The smallest absolute Gasteiger partial charge is 0.179 e. The third-order valence-electron chi connectivity index (χ3n) is 2.54. The number of hydrogen-bond acceptors (Lipinski definition) is 2. The summed E-state index contributed by atoms with van der Waals surface area (Å²) in [7, 11) is 0. The molecule has 1 aliphatic carbocycles. The van der Waals surface area contributed by atoms with E-state index in [1.165, 1.54) is 5.57 Å². The summed E-state index contributed by atoms with van der Waals surface area (Å²) >= 11 is 0. The lowest BCUT2D eigenvalue weighted by molar-refractivity contribution is -0.113. The molecule has 0 saturated heterocycles. The molecule has 82 valence electrons. The summed E-state index contributed by atoms with van der Waals surface area (Å²) in [5.41, 5.74) is 1.71. The topological polar surface area (TPSA) is 18.5 Å². The SMILES string of the molecule is CCOC(OCC)C1=CCC(C)(C)C1. The van der Waals surface area contributed by atoms with Crippen LogP contribution in [0.4, 0.5) is 0 Å². The number of rotatable bonds is 5. The summed E-state index contributed by atoms with van der Waals surface area (Å²) in [4.78, 5) is 0. The van der Waals surface area contributed by atoms with Crippen LogP contribution in [0.1, 0.15) is 40.5 Å². The van der Waals surface area contributed by atoms with Crippen molar-refractivity contribution in [1.82, 2.24) is 0 Å². The molecule has 2 nitrogen and oxygen atoms in total. The Morgan fingerprint density at radius 2 is 1.86 bits per heavy atom. The van der Waals surface area contributed by atoms with E-state index in [1.807, 2.05) is 13.8 Å². The molecular formula is C12H22O2. The van der Waals surface area contributed by atoms with Gasteiger partial charge in [0.2, 0.25) is 0 Å². The van der Waals surface area contributed by atoms with Crippen LogP contribution >= 0.6 is 0 Å². The quantitative estimate of drug-likeness (QED) is 0.499. The molecule has 0 saturated carbocycles. The van der Waals surface area contributed by atoms with E-state index >= 15 is 0 Å². The summed E-state index contributed by atoms with van der Waals surface area (Å²) in [6, 6.07) is 0. The maximum atomic E-state index is 5.57. The first-order chi connectivity index (χ1) is 6.59. The van der Waals surface area contributed by atoms with E-state index in [0.717, 1.165) is 12.8 Å². The molecule has 0 bridgehead atoms. The van der Waals surface area contributed by atoms with Gasteiger partial charge in [-0.1, -0.05) is 19.9 Å². The Hall–Kier alpha value is -0.340. The van der Waals surface area contributed by atoms with Crippen molar-refractivity contribution in [3.8, 4) is 0 Å². The third-order valence-corrected chi connectivity index (χ3v) is 2.54. The van der Waals surface area contributed by atoms with Crippen LogP contribution in [0, 0.1) is 5.41 Å². The Kier molecular flexibility index (Phi) is 4.14. The van der Waals surface area contributed by atoms with E-state index in [2.05, 4.69) is 19.9 Å². The normalized spacial score (nSPS) is 20.2. The molecule has 0 amide bonds. The monoisotopic (exact) mass is 198 g/mol. The lowest BCUT2D eigenvalue weighted by Crippen LogP contribution is -2.20. The highest BCUT2D eigenvalue weighted by molar-refractivity contribution is 5.15.